The molecule has 3 aromatic rings. The zero-order chi connectivity index (χ0) is 14.8. The number of para-hydroxylation sites is 1. The van der Waals surface area contributed by atoms with Crippen molar-refractivity contribution in [1.82, 2.24) is 4.98 Å². The second-order valence-electron chi connectivity index (χ2n) is 4.79. The van der Waals surface area contributed by atoms with Crippen molar-refractivity contribution >= 4 is 10.9 Å². The molecule has 0 unspecified atom stereocenters. The summed E-state index contributed by atoms with van der Waals surface area (Å²) in [6, 6.07) is 13.6. The molecule has 1 aromatic heterocycles. The molecule has 1 atom stereocenters. The Hall–Kier alpha value is -2.46. The Morgan fingerprint density at radius 1 is 1.14 bits per heavy atom. The van der Waals surface area contributed by atoms with Gasteiger partial charge in [-0.05, 0) is 31.2 Å². The highest BCUT2D eigenvalue weighted by Crippen LogP contribution is 2.33. The molecule has 0 spiro atoms. The van der Waals surface area contributed by atoms with E-state index in [2.05, 4.69) is 4.98 Å². The van der Waals surface area contributed by atoms with Crippen LogP contribution in [-0.2, 0) is 0 Å². The molecule has 0 aliphatic heterocycles. The standard InChI is InChI=1S/C17H14FNO2/c1-11(20)14-5-2-6-15(18)17(14)21-13-8-7-12-4-3-9-19-16(12)10-13/h2-11,20H,1H3/t11-/m0/s1. The van der Waals surface area contributed by atoms with Crippen molar-refractivity contribution in [2.75, 3.05) is 0 Å². The predicted molar refractivity (Wildman–Crippen MR) is 78.9 cm³/mol. The minimum absolute atomic E-state index is 0.0442. The molecule has 3 rings (SSSR count). The van der Waals surface area contributed by atoms with Crippen LogP contribution in [-0.4, -0.2) is 10.1 Å². The lowest BCUT2D eigenvalue weighted by molar-refractivity contribution is 0.194. The highest BCUT2D eigenvalue weighted by atomic mass is 19.1. The molecule has 0 bridgehead atoms. The number of aromatic nitrogens is 1. The van der Waals surface area contributed by atoms with Crippen molar-refractivity contribution in [1.29, 1.82) is 0 Å². The normalized spacial score (nSPS) is 12.3. The second kappa shape index (κ2) is 5.50. The van der Waals surface area contributed by atoms with Gasteiger partial charge in [-0.25, -0.2) is 4.39 Å². The van der Waals surface area contributed by atoms with Crippen LogP contribution >= 0.6 is 0 Å². The number of aliphatic hydroxyl groups excluding tert-OH is 1. The van der Waals surface area contributed by atoms with Crippen LogP contribution in [0.15, 0.2) is 54.7 Å². The number of pyridine rings is 1. The number of halogens is 1. The molecule has 0 fully saturated rings. The van der Waals surface area contributed by atoms with E-state index in [0.29, 0.717) is 11.3 Å². The highest BCUT2D eigenvalue weighted by Gasteiger charge is 2.14. The first-order valence-corrected chi connectivity index (χ1v) is 6.64. The Bertz CT molecular complexity index is 787. The van der Waals surface area contributed by atoms with Crippen LogP contribution in [0.3, 0.4) is 0 Å². The maximum absolute atomic E-state index is 14.0. The molecule has 0 saturated heterocycles. The number of benzene rings is 2. The lowest BCUT2D eigenvalue weighted by Gasteiger charge is -2.14. The van der Waals surface area contributed by atoms with Gasteiger partial charge >= 0.3 is 0 Å². The first kappa shape index (κ1) is 13.5. The van der Waals surface area contributed by atoms with Crippen molar-refractivity contribution in [2.45, 2.75) is 13.0 Å². The number of ether oxygens (including phenoxy) is 1. The SMILES string of the molecule is C[C@H](O)c1cccc(F)c1Oc1ccc2cccnc2c1. The molecule has 106 valence electrons. The van der Waals surface area contributed by atoms with Gasteiger partial charge < -0.3 is 9.84 Å². The van der Waals surface area contributed by atoms with Crippen LogP contribution in [0.2, 0.25) is 0 Å². The number of hydrogen-bond donors (Lipinski definition) is 1. The first-order chi connectivity index (χ1) is 10.1. The smallest absolute Gasteiger partial charge is 0.168 e. The summed E-state index contributed by atoms with van der Waals surface area (Å²) in [4.78, 5) is 4.24. The third-order valence-corrected chi connectivity index (χ3v) is 3.24. The first-order valence-electron chi connectivity index (χ1n) is 6.64. The molecule has 3 nitrogen and oxygen atoms in total. The molecule has 21 heavy (non-hydrogen) atoms. The van der Waals surface area contributed by atoms with E-state index in [9.17, 15) is 9.50 Å². The van der Waals surface area contributed by atoms with E-state index < -0.39 is 11.9 Å². The Morgan fingerprint density at radius 2 is 2.00 bits per heavy atom. The zero-order valence-corrected chi connectivity index (χ0v) is 11.5. The Labute approximate surface area is 121 Å². The number of nitrogens with zero attached hydrogens (tertiary/aromatic N) is 1. The number of aliphatic hydroxyl groups is 1. The molecule has 0 amide bonds. The molecule has 1 heterocycles. The topological polar surface area (TPSA) is 42.4 Å². The van der Waals surface area contributed by atoms with Gasteiger partial charge in [0.15, 0.2) is 11.6 Å². The second-order valence-corrected chi connectivity index (χ2v) is 4.79. The molecule has 0 aliphatic rings. The minimum Gasteiger partial charge on any atom is -0.454 e. The zero-order valence-electron chi connectivity index (χ0n) is 11.5. The molecule has 1 N–H and O–H groups in total. The van der Waals surface area contributed by atoms with Gasteiger partial charge in [-0.2, -0.15) is 0 Å². The van der Waals surface area contributed by atoms with Crippen molar-refractivity contribution in [3.63, 3.8) is 0 Å². The third kappa shape index (κ3) is 2.71. The molecule has 0 radical (unpaired) electrons. The third-order valence-electron chi connectivity index (χ3n) is 3.24. The van der Waals surface area contributed by atoms with E-state index in [1.165, 1.54) is 6.07 Å². The summed E-state index contributed by atoms with van der Waals surface area (Å²) in [6.07, 6.45) is 0.880. The summed E-state index contributed by atoms with van der Waals surface area (Å²) in [6.45, 7) is 1.57. The van der Waals surface area contributed by atoms with Crippen LogP contribution in [0.5, 0.6) is 11.5 Å². The Balaban J connectivity index is 2.02. The Kier molecular flexibility index (Phi) is 3.54. The average molecular weight is 283 g/mol. The monoisotopic (exact) mass is 283 g/mol. The van der Waals surface area contributed by atoms with Gasteiger partial charge in [0, 0.05) is 23.2 Å². The molecule has 4 heteroatoms. The fourth-order valence-electron chi connectivity index (χ4n) is 2.19. The van der Waals surface area contributed by atoms with Crippen LogP contribution in [0.1, 0.15) is 18.6 Å². The molecule has 0 aliphatic carbocycles. The molecule has 2 aromatic carbocycles. The summed E-state index contributed by atoms with van der Waals surface area (Å²) in [5, 5.41) is 10.7. The van der Waals surface area contributed by atoms with E-state index >= 15 is 0 Å². The summed E-state index contributed by atoms with van der Waals surface area (Å²) in [5.41, 5.74) is 1.18. The van der Waals surface area contributed by atoms with Crippen molar-refractivity contribution in [3.8, 4) is 11.5 Å². The lowest BCUT2D eigenvalue weighted by Crippen LogP contribution is -1.98. The maximum Gasteiger partial charge on any atom is 0.168 e. The van der Waals surface area contributed by atoms with E-state index in [0.717, 1.165) is 10.9 Å². The van der Waals surface area contributed by atoms with Gasteiger partial charge in [-0.1, -0.05) is 18.2 Å². The van der Waals surface area contributed by atoms with Crippen molar-refractivity contribution < 1.29 is 14.2 Å². The quantitative estimate of drug-likeness (QED) is 0.782. The Morgan fingerprint density at radius 3 is 2.81 bits per heavy atom. The molecule has 0 saturated carbocycles. The largest absolute Gasteiger partial charge is 0.454 e. The van der Waals surface area contributed by atoms with Crippen LogP contribution in [0.4, 0.5) is 4.39 Å². The van der Waals surface area contributed by atoms with Gasteiger partial charge in [0.05, 0.1) is 11.6 Å². The van der Waals surface area contributed by atoms with Gasteiger partial charge in [-0.15, -0.1) is 0 Å². The van der Waals surface area contributed by atoms with E-state index in [4.69, 9.17) is 4.74 Å². The summed E-state index contributed by atoms with van der Waals surface area (Å²) >= 11 is 0. The van der Waals surface area contributed by atoms with Crippen LogP contribution < -0.4 is 4.74 Å². The highest BCUT2D eigenvalue weighted by molar-refractivity contribution is 5.79. The van der Waals surface area contributed by atoms with Gasteiger partial charge in [-0.3, -0.25) is 4.98 Å². The lowest BCUT2D eigenvalue weighted by atomic mass is 10.1. The van der Waals surface area contributed by atoms with E-state index in [-0.39, 0.29) is 5.75 Å². The van der Waals surface area contributed by atoms with Gasteiger partial charge in [0.2, 0.25) is 0 Å². The van der Waals surface area contributed by atoms with Crippen molar-refractivity contribution in [3.05, 3.63) is 66.1 Å². The van der Waals surface area contributed by atoms with Crippen LogP contribution in [0.25, 0.3) is 10.9 Å². The number of hydrogen-bond acceptors (Lipinski definition) is 3. The molecular weight excluding hydrogens is 269 g/mol. The number of rotatable bonds is 3. The van der Waals surface area contributed by atoms with Gasteiger partial charge in [0.25, 0.3) is 0 Å². The van der Waals surface area contributed by atoms with Gasteiger partial charge in [0.1, 0.15) is 5.75 Å². The maximum atomic E-state index is 14.0. The fraction of sp³-hybridized carbons (Fsp3) is 0.118. The average Bonchev–Trinajstić information content (AvgIpc) is 2.49. The van der Waals surface area contributed by atoms with E-state index in [1.54, 1.807) is 37.4 Å². The number of fused-ring (bicyclic) bond motifs is 1. The summed E-state index contributed by atoms with van der Waals surface area (Å²) in [5.74, 6) is 0.0190. The van der Waals surface area contributed by atoms with E-state index in [1.807, 2.05) is 18.2 Å². The van der Waals surface area contributed by atoms with Crippen molar-refractivity contribution in [2.24, 2.45) is 0 Å². The predicted octanol–water partition coefficient (Wildman–Crippen LogP) is 4.22. The summed E-state index contributed by atoms with van der Waals surface area (Å²) < 4.78 is 19.6. The van der Waals surface area contributed by atoms with Crippen LogP contribution in [0, 0.1) is 5.82 Å². The minimum atomic E-state index is -0.811. The molecular formula is C17H14FNO2. The fourth-order valence-corrected chi connectivity index (χ4v) is 2.19. The summed E-state index contributed by atoms with van der Waals surface area (Å²) in [7, 11) is 0.